The molecule has 4 heteroatoms. The number of hydrogen-bond acceptors (Lipinski definition) is 4. The molecule has 2 saturated carbocycles. The van der Waals surface area contributed by atoms with Crippen molar-refractivity contribution in [1.82, 2.24) is 4.98 Å². The average molecular weight is 459 g/mol. The molecule has 0 saturated heterocycles. The molecule has 0 amide bonds. The second kappa shape index (κ2) is 8.02. The minimum Gasteiger partial charge on any atom is -0.393 e. The summed E-state index contributed by atoms with van der Waals surface area (Å²) in [7, 11) is 0. The van der Waals surface area contributed by atoms with Crippen LogP contribution in [0.25, 0.3) is 6.08 Å². The molecule has 172 valence electrons. The van der Waals surface area contributed by atoms with Crippen molar-refractivity contribution in [2.75, 3.05) is 0 Å². The van der Waals surface area contributed by atoms with Gasteiger partial charge in [0.05, 0.1) is 11.8 Å². The first kappa shape index (κ1) is 21.5. The van der Waals surface area contributed by atoms with Crippen molar-refractivity contribution in [3.8, 4) is 0 Å². The van der Waals surface area contributed by atoms with Gasteiger partial charge >= 0.3 is 0 Å². The van der Waals surface area contributed by atoms with Gasteiger partial charge in [-0.15, -0.1) is 0 Å². The number of benzene rings is 1. The van der Waals surface area contributed by atoms with Gasteiger partial charge in [0.2, 0.25) is 5.13 Å². The molecule has 4 aliphatic rings. The highest BCUT2D eigenvalue weighted by molar-refractivity contribution is 7.15. The Kier molecular flexibility index (Phi) is 5.23. The molecule has 0 bridgehead atoms. The largest absolute Gasteiger partial charge is 0.393 e. The summed E-state index contributed by atoms with van der Waals surface area (Å²) in [6.45, 7) is 4.98. The number of aliphatic imine (C=N–C) groups is 1. The van der Waals surface area contributed by atoms with Gasteiger partial charge in [0, 0.05) is 16.5 Å². The van der Waals surface area contributed by atoms with Crippen LogP contribution in [-0.4, -0.2) is 22.4 Å². The zero-order valence-corrected chi connectivity index (χ0v) is 20.5. The van der Waals surface area contributed by atoms with Crippen LogP contribution >= 0.6 is 11.3 Å². The number of rotatable bonds is 3. The molecule has 2 aromatic rings. The van der Waals surface area contributed by atoms with Gasteiger partial charge in [-0.05, 0) is 79.8 Å². The van der Waals surface area contributed by atoms with E-state index in [9.17, 15) is 5.11 Å². The van der Waals surface area contributed by atoms with Crippen molar-refractivity contribution in [2.24, 2.45) is 28.2 Å². The molecule has 1 aromatic heterocycles. The zero-order valence-electron chi connectivity index (χ0n) is 19.7. The highest BCUT2D eigenvalue weighted by atomic mass is 32.1. The van der Waals surface area contributed by atoms with Gasteiger partial charge in [0.1, 0.15) is 0 Å². The molecule has 3 nitrogen and oxygen atoms in total. The molecule has 0 aliphatic heterocycles. The van der Waals surface area contributed by atoms with E-state index in [1.54, 1.807) is 16.9 Å². The number of thiazole rings is 1. The van der Waals surface area contributed by atoms with Crippen molar-refractivity contribution >= 4 is 28.8 Å². The predicted octanol–water partition coefficient (Wildman–Crippen LogP) is 6.90. The lowest BCUT2D eigenvalue weighted by atomic mass is 9.48. The fraction of sp³-hybridized carbons (Fsp3) is 0.517. The van der Waals surface area contributed by atoms with Gasteiger partial charge < -0.3 is 5.11 Å². The number of fused-ring (bicyclic) bond motifs is 7. The van der Waals surface area contributed by atoms with Gasteiger partial charge in [-0.1, -0.05) is 73.2 Å². The maximum atomic E-state index is 10.2. The van der Waals surface area contributed by atoms with Gasteiger partial charge in [0.25, 0.3) is 0 Å². The van der Waals surface area contributed by atoms with E-state index in [0.717, 1.165) is 36.2 Å². The summed E-state index contributed by atoms with van der Waals surface area (Å²) in [6, 6.07) is 10.3. The first-order valence-corrected chi connectivity index (χ1v) is 13.4. The molecule has 6 rings (SSSR count). The summed E-state index contributed by atoms with van der Waals surface area (Å²) in [5, 5.41) is 11.1. The second-order valence-electron chi connectivity index (χ2n) is 11.1. The van der Waals surface area contributed by atoms with E-state index in [2.05, 4.69) is 55.3 Å². The number of aromatic nitrogens is 1. The van der Waals surface area contributed by atoms with Crippen molar-refractivity contribution in [3.05, 3.63) is 64.2 Å². The molecule has 1 N–H and O–H groups in total. The van der Waals surface area contributed by atoms with Crippen LogP contribution in [0.4, 0.5) is 5.13 Å². The lowest BCUT2D eigenvalue weighted by Crippen LogP contribution is -2.51. The number of aliphatic hydroxyl groups is 1. The van der Waals surface area contributed by atoms with E-state index in [0.29, 0.717) is 11.3 Å². The molecule has 6 atom stereocenters. The van der Waals surface area contributed by atoms with Gasteiger partial charge in [-0.3, -0.25) is 0 Å². The third kappa shape index (κ3) is 3.49. The standard InChI is InChI=1S/C29H34N2OS/c1-28-14-12-21(32)17-20(28)10-11-22-23(28)13-15-29(2)24(22)18-25-26(29)31-27(33-25)30-16-6-9-19-7-4-3-5-8-19/h3-10,16,21-24,32H,11-15,17-18H2,1-2H3/b9-6+,30-16+/t21-,22?,23?,24?,28-,29-/m0/s1. The van der Waals surface area contributed by atoms with E-state index >= 15 is 0 Å². The molecule has 1 heterocycles. The molecule has 2 fully saturated rings. The van der Waals surface area contributed by atoms with Gasteiger partial charge in [-0.2, -0.15) is 0 Å². The Morgan fingerprint density at radius 2 is 1.88 bits per heavy atom. The minimum absolute atomic E-state index is 0.126. The van der Waals surface area contributed by atoms with Crippen LogP contribution in [0, 0.1) is 23.2 Å². The van der Waals surface area contributed by atoms with Gasteiger partial charge in [0.15, 0.2) is 0 Å². The van der Waals surface area contributed by atoms with Crippen LogP contribution in [0.2, 0.25) is 0 Å². The van der Waals surface area contributed by atoms with Crippen molar-refractivity contribution in [2.45, 2.75) is 70.3 Å². The Hall–Kier alpha value is -2.04. The van der Waals surface area contributed by atoms with Crippen molar-refractivity contribution < 1.29 is 5.11 Å². The Morgan fingerprint density at radius 1 is 1.06 bits per heavy atom. The van der Waals surface area contributed by atoms with Crippen LogP contribution in [0.15, 0.2) is 53.0 Å². The summed E-state index contributed by atoms with van der Waals surface area (Å²) < 4.78 is 0. The van der Waals surface area contributed by atoms with E-state index < -0.39 is 0 Å². The van der Waals surface area contributed by atoms with E-state index in [4.69, 9.17) is 4.98 Å². The molecule has 1 aromatic carbocycles. The topological polar surface area (TPSA) is 45.5 Å². The van der Waals surface area contributed by atoms with Crippen molar-refractivity contribution in [3.63, 3.8) is 0 Å². The fourth-order valence-electron chi connectivity index (χ4n) is 7.64. The number of allylic oxidation sites excluding steroid dienone is 2. The van der Waals surface area contributed by atoms with E-state index in [1.807, 2.05) is 18.4 Å². The summed E-state index contributed by atoms with van der Waals surface area (Å²) in [5.41, 5.74) is 4.57. The van der Waals surface area contributed by atoms with E-state index in [-0.39, 0.29) is 11.5 Å². The smallest absolute Gasteiger partial charge is 0.209 e. The SMILES string of the molecule is C[C@]12CC[C@H](O)CC1=CCC1C2CC[C@]2(C)c3nc(/N=C/C=C/c4ccccc4)sc3CC12. The van der Waals surface area contributed by atoms with Gasteiger partial charge in [-0.25, -0.2) is 9.98 Å². The van der Waals surface area contributed by atoms with Crippen LogP contribution in [0.3, 0.4) is 0 Å². The van der Waals surface area contributed by atoms with Crippen LogP contribution in [-0.2, 0) is 11.8 Å². The summed E-state index contributed by atoms with van der Waals surface area (Å²) in [6.07, 6.45) is 16.3. The molecular formula is C29H34N2OS. The van der Waals surface area contributed by atoms with Crippen LogP contribution in [0.5, 0.6) is 0 Å². The fourth-order valence-corrected chi connectivity index (χ4v) is 8.75. The summed E-state index contributed by atoms with van der Waals surface area (Å²) in [4.78, 5) is 11.2. The van der Waals surface area contributed by atoms with Crippen molar-refractivity contribution in [1.29, 1.82) is 0 Å². The highest BCUT2D eigenvalue weighted by Crippen LogP contribution is 2.64. The number of nitrogens with zero attached hydrogens (tertiary/aromatic N) is 2. The maximum Gasteiger partial charge on any atom is 0.209 e. The Morgan fingerprint density at radius 3 is 2.73 bits per heavy atom. The Bertz CT molecular complexity index is 1130. The number of hydrogen-bond donors (Lipinski definition) is 1. The first-order chi connectivity index (χ1) is 16.0. The third-order valence-electron chi connectivity index (χ3n) is 9.46. The molecule has 3 unspecified atom stereocenters. The predicted molar refractivity (Wildman–Crippen MR) is 137 cm³/mol. The maximum absolute atomic E-state index is 10.2. The summed E-state index contributed by atoms with van der Waals surface area (Å²) in [5.74, 6) is 2.20. The monoisotopic (exact) mass is 458 g/mol. The molecular weight excluding hydrogens is 424 g/mol. The minimum atomic E-state index is -0.126. The van der Waals surface area contributed by atoms with Crippen LogP contribution < -0.4 is 0 Å². The van der Waals surface area contributed by atoms with E-state index in [1.165, 1.54) is 41.8 Å². The highest BCUT2D eigenvalue weighted by Gasteiger charge is 2.58. The second-order valence-corrected chi connectivity index (χ2v) is 12.2. The molecule has 4 aliphatic carbocycles. The Labute approximate surface area is 201 Å². The summed E-state index contributed by atoms with van der Waals surface area (Å²) >= 11 is 1.80. The number of aliphatic hydroxyl groups excluding tert-OH is 1. The third-order valence-corrected chi connectivity index (χ3v) is 10.4. The molecule has 0 radical (unpaired) electrons. The quantitative estimate of drug-likeness (QED) is 0.402. The molecule has 0 spiro atoms. The lowest BCUT2D eigenvalue weighted by Gasteiger charge is -2.57. The van der Waals surface area contributed by atoms with Crippen LogP contribution in [0.1, 0.15) is 68.5 Å². The first-order valence-electron chi connectivity index (χ1n) is 12.6. The Balaban J connectivity index is 1.21. The average Bonchev–Trinajstić information content (AvgIpc) is 3.34. The molecule has 33 heavy (non-hydrogen) atoms. The zero-order chi connectivity index (χ0) is 22.6. The lowest BCUT2D eigenvalue weighted by molar-refractivity contribution is -0.0169. The normalized spacial score (nSPS) is 37.5.